The lowest BCUT2D eigenvalue weighted by atomic mass is 10.1. The molecule has 0 spiro atoms. The fraction of sp³-hybridized carbons (Fsp3) is 0.300. The molecule has 0 unspecified atom stereocenters. The van der Waals surface area contributed by atoms with E-state index in [1.54, 1.807) is 6.07 Å². The van der Waals surface area contributed by atoms with E-state index in [0.717, 1.165) is 17.0 Å². The zero-order valence-electron chi connectivity index (χ0n) is 15.8. The van der Waals surface area contributed by atoms with Gasteiger partial charge in [-0.2, -0.15) is 5.10 Å². The van der Waals surface area contributed by atoms with Crippen LogP contribution in [-0.4, -0.2) is 49.1 Å². The SMILES string of the molecule is O=C(CSCc1ccccc1)N/N=C/c1cc([N+](=O)[O-])ccc1N1CCOCC1. The molecule has 3 rings (SSSR count). The molecule has 152 valence electrons. The number of anilines is 1. The molecule has 1 heterocycles. The van der Waals surface area contributed by atoms with Gasteiger partial charge in [-0.25, -0.2) is 5.43 Å². The number of nitro groups is 1. The third kappa shape index (κ3) is 6.30. The minimum atomic E-state index is -0.445. The summed E-state index contributed by atoms with van der Waals surface area (Å²) in [5.41, 5.74) is 5.04. The van der Waals surface area contributed by atoms with Crippen molar-refractivity contribution >= 4 is 35.3 Å². The molecule has 8 nitrogen and oxygen atoms in total. The van der Waals surface area contributed by atoms with Crippen molar-refractivity contribution in [2.24, 2.45) is 5.10 Å². The molecule has 9 heteroatoms. The van der Waals surface area contributed by atoms with Crippen molar-refractivity contribution in [3.8, 4) is 0 Å². The highest BCUT2D eigenvalue weighted by Gasteiger charge is 2.17. The van der Waals surface area contributed by atoms with Gasteiger partial charge in [0, 0.05) is 42.2 Å². The van der Waals surface area contributed by atoms with Crippen LogP contribution in [0.5, 0.6) is 0 Å². The second kappa shape index (κ2) is 10.6. The van der Waals surface area contributed by atoms with Crippen molar-refractivity contribution in [2.45, 2.75) is 5.75 Å². The smallest absolute Gasteiger partial charge is 0.270 e. The first-order valence-corrected chi connectivity index (χ1v) is 10.3. The highest BCUT2D eigenvalue weighted by molar-refractivity contribution is 7.99. The molecule has 2 aromatic carbocycles. The molecular weight excluding hydrogens is 392 g/mol. The van der Waals surface area contributed by atoms with Crippen LogP contribution in [0.4, 0.5) is 11.4 Å². The molecule has 2 aromatic rings. The fourth-order valence-electron chi connectivity index (χ4n) is 2.89. The van der Waals surface area contributed by atoms with Crippen LogP contribution in [0.25, 0.3) is 0 Å². The molecule has 1 N–H and O–H groups in total. The first kappa shape index (κ1) is 20.8. The van der Waals surface area contributed by atoms with E-state index in [-0.39, 0.29) is 17.3 Å². The summed E-state index contributed by atoms with van der Waals surface area (Å²) in [5.74, 6) is 0.794. The standard InChI is InChI=1S/C20H22N4O4S/c25-20(15-29-14-16-4-2-1-3-5-16)22-21-13-17-12-18(24(26)27)6-7-19(17)23-8-10-28-11-9-23/h1-7,12-13H,8-11,14-15H2,(H,22,25)/b21-13+. The largest absolute Gasteiger partial charge is 0.378 e. The number of hydrazone groups is 1. The number of benzene rings is 2. The van der Waals surface area contributed by atoms with E-state index >= 15 is 0 Å². The molecule has 0 saturated carbocycles. The van der Waals surface area contributed by atoms with Crippen molar-refractivity contribution in [1.82, 2.24) is 5.43 Å². The van der Waals surface area contributed by atoms with Crippen molar-refractivity contribution < 1.29 is 14.5 Å². The second-order valence-electron chi connectivity index (χ2n) is 6.37. The Morgan fingerprint density at radius 2 is 2.00 bits per heavy atom. The summed E-state index contributed by atoms with van der Waals surface area (Å²) in [4.78, 5) is 24.8. The lowest BCUT2D eigenvalue weighted by Gasteiger charge is -2.29. The first-order chi connectivity index (χ1) is 14.1. The van der Waals surface area contributed by atoms with Crippen molar-refractivity contribution in [3.05, 3.63) is 69.8 Å². The van der Waals surface area contributed by atoms with E-state index in [9.17, 15) is 14.9 Å². The number of hydrogen-bond acceptors (Lipinski definition) is 7. The summed E-state index contributed by atoms with van der Waals surface area (Å²) in [6.07, 6.45) is 1.46. The molecule has 0 atom stereocenters. The number of ether oxygens (including phenoxy) is 1. The van der Waals surface area contributed by atoms with Gasteiger partial charge in [0.15, 0.2) is 0 Å². The number of carbonyl (C=O) groups is 1. The first-order valence-electron chi connectivity index (χ1n) is 9.18. The lowest BCUT2D eigenvalue weighted by Crippen LogP contribution is -2.36. The number of nitrogens with zero attached hydrogens (tertiary/aromatic N) is 3. The summed E-state index contributed by atoms with van der Waals surface area (Å²) >= 11 is 1.50. The summed E-state index contributed by atoms with van der Waals surface area (Å²) in [7, 11) is 0. The van der Waals surface area contributed by atoms with Crippen molar-refractivity contribution in [3.63, 3.8) is 0 Å². The molecule has 1 amide bonds. The van der Waals surface area contributed by atoms with E-state index < -0.39 is 4.92 Å². The average molecular weight is 414 g/mol. The topological polar surface area (TPSA) is 97.1 Å². The van der Waals surface area contributed by atoms with E-state index in [0.29, 0.717) is 31.9 Å². The molecule has 1 aliphatic heterocycles. The number of morpholine rings is 1. The molecule has 29 heavy (non-hydrogen) atoms. The quantitative estimate of drug-likeness (QED) is 0.405. The number of amides is 1. The zero-order valence-corrected chi connectivity index (χ0v) is 16.6. The predicted molar refractivity (Wildman–Crippen MR) is 114 cm³/mol. The van der Waals surface area contributed by atoms with Gasteiger partial charge < -0.3 is 9.64 Å². The number of nitrogens with one attached hydrogen (secondary N) is 1. The number of nitro benzene ring substituents is 1. The maximum absolute atomic E-state index is 12.0. The minimum Gasteiger partial charge on any atom is -0.378 e. The minimum absolute atomic E-state index is 0.0202. The lowest BCUT2D eigenvalue weighted by molar-refractivity contribution is -0.384. The van der Waals surface area contributed by atoms with Crippen molar-refractivity contribution in [1.29, 1.82) is 0 Å². The number of thioether (sulfide) groups is 1. The Bertz CT molecular complexity index is 870. The van der Waals surface area contributed by atoms with Crippen LogP contribution < -0.4 is 10.3 Å². The maximum Gasteiger partial charge on any atom is 0.270 e. The maximum atomic E-state index is 12.0. The van der Waals surface area contributed by atoms with E-state index in [1.165, 1.54) is 30.1 Å². The van der Waals surface area contributed by atoms with Gasteiger partial charge in [0.1, 0.15) is 0 Å². The van der Waals surface area contributed by atoms with Crippen LogP contribution in [0.15, 0.2) is 53.6 Å². The monoisotopic (exact) mass is 414 g/mol. The third-order valence-corrected chi connectivity index (χ3v) is 5.32. The van der Waals surface area contributed by atoms with Gasteiger partial charge in [-0.3, -0.25) is 14.9 Å². The van der Waals surface area contributed by atoms with Gasteiger partial charge in [-0.05, 0) is 11.6 Å². The van der Waals surface area contributed by atoms with Gasteiger partial charge in [-0.1, -0.05) is 30.3 Å². The number of rotatable bonds is 8. The van der Waals surface area contributed by atoms with E-state index in [1.807, 2.05) is 30.3 Å². The summed E-state index contributed by atoms with van der Waals surface area (Å²) < 4.78 is 5.36. The normalized spacial score (nSPS) is 14.1. The van der Waals surface area contributed by atoms with E-state index in [2.05, 4.69) is 15.4 Å². The van der Waals surface area contributed by atoms with Gasteiger partial charge in [0.2, 0.25) is 5.91 Å². The van der Waals surface area contributed by atoms with Crippen LogP contribution in [0.1, 0.15) is 11.1 Å². The summed E-state index contributed by atoms with van der Waals surface area (Å²) in [5, 5.41) is 15.1. The Hall–Kier alpha value is -2.91. The Labute approximate surface area is 173 Å². The summed E-state index contributed by atoms with van der Waals surface area (Å²) in [6, 6.07) is 14.6. The molecule has 0 aliphatic carbocycles. The third-order valence-electron chi connectivity index (χ3n) is 4.31. The van der Waals surface area contributed by atoms with E-state index in [4.69, 9.17) is 4.74 Å². The fourth-order valence-corrected chi connectivity index (χ4v) is 3.67. The average Bonchev–Trinajstić information content (AvgIpc) is 2.75. The van der Waals surface area contributed by atoms with Crippen molar-refractivity contribution in [2.75, 3.05) is 37.0 Å². The number of carbonyl (C=O) groups excluding carboxylic acids is 1. The molecular formula is C20H22N4O4S. The van der Waals surface area contributed by atoms with Gasteiger partial charge in [-0.15, -0.1) is 11.8 Å². The predicted octanol–water partition coefficient (Wildman–Crippen LogP) is 2.81. The van der Waals surface area contributed by atoms with Crippen LogP contribution in [0.3, 0.4) is 0 Å². The zero-order chi connectivity index (χ0) is 20.5. The van der Waals surface area contributed by atoms with Gasteiger partial charge in [0.05, 0.1) is 30.1 Å². The Kier molecular flexibility index (Phi) is 7.60. The molecule has 0 radical (unpaired) electrons. The molecule has 1 fully saturated rings. The van der Waals surface area contributed by atoms with Gasteiger partial charge in [0.25, 0.3) is 5.69 Å². The van der Waals surface area contributed by atoms with Crippen LogP contribution in [0, 0.1) is 10.1 Å². The Morgan fingerprint density at radius 3 is 2.72 bits per heavy atom. The molecule has 1 saturated heterocycles. The molecule has 0 aromatic heterocycles. The number of hydrogen-bond donors (Lipinski definition) is 1. The Morgan fingerprint density at radius 1 is 1.24 bits per heavy atom. The highest BCUT2D eigenvalue weighted by atomic mass is 32.2. The summed E-state index contributed by atoms with van der Waals surface area (Å²) in [6.45, 7) is 2.59. The van der Waals surface area contributed by atoms with Crippen LogP contribution >= 0.6 is 11.8 Å². The van der Waals surface area contributed by atoms with Crippen LogP contribution in [0.2, 0.25) is 0 Å². The van der Waals surface area contributed by atoms with Crippen LogP contribution in [-0.2, 0) is 15.3 Å². The Balaban J connectivity index is 1.59. The second-order valence-corrected chi connectivity index (χ2v) is 7.36. The molecule has 0 bridgehead atoms. The molecule has 1 aliphatic rings. The van der Waals surface area contributed by atoms with Gasteiger partial charge >= 0.3 is 0 Å². The number of non-ortho nitro benzene ring substituents is 1. The highest BCUT2D eigenvalue weighted by Crippen LogP contribution is 2.25.